The molecule has 27 heavy (non-hydrogen) atoms. The molecule has 0 fully saturated rings. The molecule has 0 N–H and O–H groups in total. The Kier molecular flexibility index (Phi) is 5.13. The first kappa shape index (κ1) is 18.0. The van der Waals surface area contributed by atoms with Crippen molar-refractivity contribution in [1.82, 2.24) is 25.1 Å². The summed E-state index contributed by atoms with van der Waals surface area (Å²) >= 11 is 3.11. The van der Waals surface area contributed by atoms with Crippen molar-refractivity contribution in [2.24, 2.45) is 0 Å². The number of ether oxygens (including phenoxy) is 1. The van der Waals surface area contributed by atoms with Gasteiger partial charge in [0.2, 0.25) is 11.1 Å². The van der Waals surface area contributed by atoms with Gasteiger partial charge in [-0.15, -0.1) is 16.4 Å². The van der Waals surface area contributed by atoms with E-state index in [4.69, 9.17) is 4.74 Å². The number of aromatic nitrogens is 4. The molecule has 4 rings (SSSR count). The summed E-state index contributed by atoms with van der Waals surface area (Å²) in [5, 5.41) is 14.6. The number of thiophene rings is 1. The molecule has 1 aliphatic rings. The third kappa shape index (κ3) is 3.70. The van der Waals surface area contributed by atoms with E-state index in [9.17, 15) is 4.79 Å². The lowest BCUT2D eigenvalue weighted by molar-refractivity contribution is -0.129. The van der Waals surface area contributed by atoms with Crippen LogP contribution in [0.15, 0.2) is 34.8 Å². The van der Waals surface area contributed by atoms with Crippen molar-refractivity contribution in [3.8, 4) is 11.4 Å². The molecule has 1 aromatic carbocycles. The Bertz CT molecular complexity index is 968. The van der Waals surface area contributed by atoms with E-state index in [-0.39, 0.29) is 5.91 Å². The second-order valence-corrected chi connectivity index (χ2v) is 8.21. The summed E-state index contributed by atoms with van der Waals surface area (Å²) in [7, 11) is 1.61. The molecule has 9 heteroatoms. The van der Waals surface area contributed by atoms with Crippen LogP contribution in [0.3, 0.4) is 0 Å². The first-order valence-corrected chi connectivity index (χ1v) is 10.4. The summed E-state index contributed by atoms with van der Waals surface area (Å²) in [6.07, 6.45) is 0.932. The molecular weight excluding hydrogens is 382 g/mol. The summed E-state index contributed by atoms with van der Waals surface area (Å²) in [4.78, 5) is 16.0. The Labute approximate surface area is 165 Å². The predicted molar refractivity (Wildman–Crippen MR) is 105 cm³/mol. The Morgan fingerprint density at radius 2 is 2.26 bits per heavy atom. The van der Waals surface area contributed by atoms with Crippen molar-refractivity contribution in [2.45, 2.75) is 25.0 Å². The largest absolute Gasteiger partial charge is 0.494 e. The molecule has 0 aliphatic carbocycles. The van der Waals surface area contributed by atoms with Gasteiger partial charge in [-0.3, -0.25) is 4.79 Å². The normalized spacial score (nSPS) is 13.5. The van der Waals surface area contributed by atoms with Crippen LogP contribution in [-0.4, -0.2) is 50.4 Å². The van der Waals surface area contributed by atoms with Gasteiger partial charge in [0.25, 0.3) is 0 Å². The van der Waals surface area contributed by atoms with Crippen LogP contribution in [0.4, 0.5) is 0 Å². The molecule has 3 heterocycles. The number of thioether (sulfide) groups is 1. The number of amides is 1. The molecule has 140 valence electrons. The fraction of sp³-hybridized carbons (Fsp3) is 0.333. The number of tetrazole rings is 1. The number of carbonyl (C=O) groups is 1. The lowest BCUT2D eigenvalue weighted by Gasteiger charge is -2.26. The minimum Gasteiger partial charge on any atom is -0.494 e. The van der Waals surface area contributed by atoms with Crippen LogP contribution in [0.25, 0.3) is 5.69 Å². The van der Waals surface area contributed by atoms with Gasteiger partial charge in [0, 0.05) is 18.0 Å². The second-order valence-electron chi connectivity index (χ2n) is 6.27. The quantitative estimate of drug-likeness (QED) is 0.612. The highest BCUT2D eigenvalue weighted by atomic mass is 32.2. The first-order valence-electron chi connectivity index (χ1n) is 8.55. The zero-order valence-corrected chi connectivity index (χ0v) is 16.7. The number of nitrogens with zero attached hydrogens (tertiary/aromatic N) is 5. The molecule has 0 unspecified atom stereocenters. The maximum atomic E-state index is 12.7. The molecule has 2 aromatic heterocycles. The molecule has 0 spiro atoms. The first-order chi connectivity index (χ1) is 13.2. The fourth-order valence-electron chi connectivity index (χ4n) is 3.06. The third-order valence-corrected chi connectivity index (χ3v) is 6.42. The summed E-state index contributed by atoms with van der Waals surface area (Å²) < 4.78 is 7.05. The van der Waals surface area contributed by atoms with Gasteiger partial charge in [-0.1, -0.05) is 17.8 Å². The zero-order chi connectivity index (χ0) is 18.8. The highest BCUT2D eigenvalue weighted by molar-refractivity contribution is 7.99. The van der Waals surface area contributed by atoms with E-state index in [0.717, 1.165) is 24.2 Å². The molecule has 0 radical (unpaired) electrons. The summed E-state index contributed by atoms with van der Waals surface area (Å²) in [5.41, 5.74) is 3.10. The fourth-order valence-corrected chi connectivity index (χ4v) is 4.74. The summed E-state index contributed by atoms with van der Waals surface area (Å²) in [6.45, 7) is 3.46. The van der Waals surface area contributed by atoms with Crippen LogP contribution in [0.1, 0.15) is 16.0 Å². The van der Waals surface area contributed by atoms with E-state index in [1.54, 1.807) is 23.1 Å². The molecule has 3 aromatic rings. The van der Waals surface area contributed by atoms with Gasteiger partial charge in [0.05, 0.1) is 12.9 Å². The third-order valence-electron chi connectivity index (χ3n) is 4.49. The lowest BCUT2D eigenvalue weighted by Crippen LogP contribution is -2.36. The SMILES string of the molecule is COc1ccc(C)cc1-n1nnnc1SCC(=O)N1CCc2sccc2C1. The number of methoxy groups -OCH3 is 1. The number of carbonyl (C=O) groups excluding carboxylic acids is 1. The number of aryl methyl sites for hydroxylation is 1. The average Bonchev–Trinajstić information content (AvgIpc) is 3.34. The van der Waals surface area contributed by atoms with Crippen LogP contribution in [0.5, 0.6) is 5.75 Å². The van der Waals surface area contributed by atoms with Crippen molar-refractivity contribution in [3.05, 3.63) is 45.6 Å². The predicted octanol–water partition coefficient (Wildman–Crippen LogP) is 2.72. The van der Waals surface area contributed by atoms with Gasteiger partial charge in [0.1, 0.15) is 11.4 Å². The van der Waals surface area contributed by atoms with Crippen molar-refractivity contribution in [3.63, 3.8) is 0 Å². The number of rotatable bonds is 5. The van der Waals surface area contributed by atoms with Crippen LogP contribution in [0.2, 0.25) is 0 Å². The van der Waals surface area contributed by atoms with E-state index in [1.165, 1.54) is 22.2 Å². The van der Waals surface area contributed by atoms with Gasteiger partial charge in [-0.25, -0.2) is 0 Å². The Hall–Kier alpha value is -2.39. The van der Waals surface area contributed by atoms with Gasteiger partial charge < -0.3 is 9.64 Å². The van der Waals surface area contributed by atoms with Crippen LogP contribution in [0, 0.1) is 6.92 Å². The molecule has 0 saturated heterocycles. The lowest BCUT2D eigenvalue weighted by atomic mass is 10.1. The van der Waals surface area contributed by atoms with Crippen molar-refractivity contribution in [1.29, 1.82) is 0 Å². The summed E-state index contributed by atoms with van der Waals surface area (Å²) in [6, 6.07) is 7.93. The Morgan fingerprint density at radius 3 is 3.11 bits per heavy atom. The number of benzene rings is 1. The second kappa shape index (κ2) is 7.69. The van der Waals surface area contributed by atoms with Crippen molar-refractivity contribution in [2.75, 3.05) is 19.4 Å². The smallest absolute Gasteiger partial charge is 0.233 e. The molecule has 0 atom stereocenters. The standard InChI is InChI=1S/C18H19N5O2S2/c1-12-3-4-15(25-2)14(9-12)23-18(19-20-21-23)27-11-17(24)22-7-5-16-13(10-22)6-8-26-16/h3-4,6,8-9H,5,7,10-11H2,1-2H3. The van der Waals surface area contributed by atoms with E-state index in [0.29, 0.717) is 23.2 Å². The molecule has 7 nitrogen and oxygen atoms in total. The average molecular weight is 402 g/mol. The van der Waals surface area contributed by atoms with Gasteiger partial charge in [0.15, 0.2) is 0 Å². The highest BCUT2D eigenvalue weighted by Crippen LogP contribution is 2.28. The number of hydrogen-bond donors (Lipinski definition) is 0. The van der Waals surface area contributed by atoms with Crippen LogP contribution >= 0.6 is 23.1 Å². The van der Waals surface area contributed by atoms with Gasteiger partial charge in [-0.05, 0) is 58.5 Å². The molecule has 1 aliphatic heterocycles. The molecule has 1 amide bonds. The maximum absolute atomic E-state index is 12.7. The van der Waals surface area contributed by atoms with Crippen molar-refractivity contribution >= 4 is 29.0 Å². The minimum absolute atomic E-state index is 0.0996. The molecule has 0 bridgehead atoms. The van der Waals surface area contributed by atoms with Crippen LogP contribution < -0.4 is 4.74 Å². The topological polar surface area (TPSA) is 73.1 Å². The van der Waals surface area contributed by atoms with E-state index < -0.39 is 0 Å². The minimum atomic E-state index is 0.0996. The van der Waals surface area contributed by atoms with Crippen molar-refractivity contribution < 1.29 is 9.53 Å². The van der Waals surface area contributed by atoms with E-state index in [2.05, 4.69) is 27.0 Å². The number of hydrogen-bond acceptors (Lipinski definition) is 7. The Morgan fingerprint density at radius 1 is 1.37 bits per heavy atom. The zero-order valence-electron chi connectivity index (χ0n) is 15.1. The Balaban J connectivity index is 1.47. The highest BCUT2D eigenvalue weighted by Gasteiger charge is 2.22. The monoisotopic (exact) mass is 401 g/mol. The summed E-state index contributed by atoms with van der Waals surface area (Å²) in [5.74, 6) is 1.08. The molecular formula is C18H19N5O2S2. The van der Waals surface area contributed by atoms with E-state index >= 15 is 0 Å². The number of fused-ring (bicyclic) bond motifs is 1. The van der Waals surface area contributed by atoms with Crippen LogP contribution in [-0.2, 0) is 17.8 Å². The van der Waals surface area contributed by atoms with Gasteiger partial charge >= 0.3 is 0 Å². The maximum Gasteiger partial charge on any atom is 0.233 e. The van der Waals surface area contributed by atoms with E-state index in [1.807, 2.05) is 30.0 Å². The van der Waals surface area contributed by atoms with Gasteiger partial charge in [-0.2, -0.15) is 4.68 Å². The molecule has 0 saturated carbocycles.